The third kappa shape index (κ3) is 5.62. The Morgan fingerprint density at radius 2 is 1.47 bits per heavy atom. The molecule has 8 nitrogen and oxygen atoms in total. The Labute approximate surface area is 199 Å². The zero-order valence-electron chi connectivity index (χ0n) is 19.2. The van der Waals surface area contributed by atoms with Crippen molar-refractivity contribution in [3.8, 4) is 5.75 Å². The predicted molar refractivity (Wildman–Crippen MR) is 132 cm³/mol. The maximum atomic E-state index is 13.0. The molecule has 0 saturated carbocycles. The van der Waals surface area contributed by atoms with E-state index in [1.54, 1.807) is 62.4 Å². The highest BCUT2D eigenvalue weighted by Crippen LogP contribution is 2.29. The van der Waals surface area contributed by atoms with E-state index >= 15 is 0 Å². The van der Waals surface area contributed by atoms with E-state index in [9.17, 15) is 18.0 Å². The van der Waals surface area contributed by atoms with Crippen molar-refractivity contribution < 1.29 is 22.7 Å². The minimum atomic E-state index is -3.72. The molecule has 0 bridgehead atoms. The van der Waals surface area contributed by atoms with E-state index in [4.69, 9.17) is 4.74 Å². The third-order valence-electron chi connectivity index (χ3n) is 5.18. The van der Waals surface area contributed by atoms with Gasteiger partial charge in [-0.25, -0.2) is 8.42 Å². The maximum Gasteiger partial charge on any atom is 0.255 e. The van der Waals surface area contributed by atoms with Gasteiger partial charge in [-0.2, -0.15) is 4.31 Å². The second-order valence-corrected chi connectivity index (χ2v) is 9.24. The molecule has 0 saturated heterocycles. The number of amides is 2. The van der Waals surface area contributed by atoms with E-state index in [0.717, 1.165) is 0 Å². The Balaban J connectivity index is 1.84. The van der Waals surface area contributed by atoms with Crippen LogP contribution in [-0.2, 0) is 10.0 Å². The molecule has 0 heterocycles. The van der Waals surface area contributed by atoms with Crippen LogP contribution >= 0.6 is 0 Å². The van der Waals surface area contributed by atoms with Crippen LogP contribution in [0.25, 0.3) is 0 Å². The standard InChI is InChI=1S/C25H27N3O5S/c1-4-28(5-2)34(31,32)21-14-15-23(33-3)22(17-21)27-25(30)19-12-9-13-20(16-19)26-24(29)18-10-7-6-8-11-18/h6-17H,4-5H2,1-3H3,(H,26,29)(H,27,30). The van der Waals surface area contributed by atoms with Gasteiger partial charge in [-0.05, 0) is 48.5 Å². The number of rotatable bonds is 9. The summed E-state index contributed by atoms with van der Waals surface area (Å²) in [5.41, 5.74) is 1.45. The second kappa shape index (κ2) is 11.0. The molecule has 0 spiro atoms. The first kappa shape index (κ1) is 24.9. The third-order valence-corrected chi connectivity index (χ3v) is 7.23. The highest BCUT2D eigenvalue weighted by molar-refractivity contribution is 7.89. The Morgan fingerprint density at radius 1 is 0.824 bits per heavy atom. The fourth-order valence-electron chi connectivity index (χ4n) is 3.38. The van der Waals surface area contributed by atoms with Gasteiger partial charge in [0.25, 0.3) is 11.8 Å². The van der Waals surface area contributed by atoms with Crippen molar-refractivity contribution in [2.45, 2.75) is 18.7 Å². The zero-order valence-corrected chi connectivity index (χ0v) is 20.1. The van der Waals surface area contributed by atoms with E-state index < -0.39 is 15.9 Å². The number of sulfonamides is 1. The van der Waals surface area contributed by atoms with Crippen LogP contribution in [0.5, 0.6) is 5.75 Å². The number of hydrogen-bond acceptors (Lipinski definition) is 5. The van der Waals surface area contributed by atoms with Gasteiger partial charge in [-0.3, -0.25) is 9.59 Å². The van der Waals surface area contributed by atoms with E-state index in [1.807, 2.05) is 6.07 Å². The highest BCUT2D eigenvalue weighted by atomic mass is 32.2. The minimum absolute atomic E-state index is 0.0520. The van der Waals surface area contributed by atoms with Crippen molar-refractivity contribution in [1.29, 1.82) is 0 Å². The summed E-state index contributed by atoms with van der Waals surface area (Å²) < 4.78 is 32.4. The summed E-state index contributed by atoms with van der Waals surface area (Å²) in [7, 11) is -2.28. The zero-order chi connectivity index (χ0) is 24.7. The summed E-state index contributed by atoms with van der Waals surface area (Å²) in [4.78, 5) is 25.4. The normalized spacial score (nSPS) is 11.2. The molecule has 2 N–H and O–H groups in total. The van der Waals surface area contributed by atoms with Gasteiger partial charge in [0.05, 0.1) is 17.7 Å². The maximum absolute atomic E-state index is 13.0. The number of benzene rings is 3. The fourth-order valence-corrected chi connectivity index (χ4v) is 4.87. The van der Waals surface area contributed by atoms with E-state index in [0.29, 0.717) is 30.1 Å². The first-order chi connectivity index (χ1) is 16.3. The number of ether oxygens (including phenoxy) is 1. The van der Waals surface area contributed by atoms with E-state index in [2.05, 4.69) is 10.6 Å². The molecule has 0 aromatic heterocycles. The quantitative estimate of drug-likeness (QED) is 0.476. The van der Waals surface area contributed by atoms with E-state index in [-0.39, 0.29) is 22.1 Å². The van der Waals surface area contributed by atoms with Gasteiger partial charge in [0.15, 0.2) is 0 Å². The van der Waals surface area contributed by atoms with Crippen LogP contribution in [0, 0.1) is 0 Å². The van der Waals surface area contributed by atoms with Crippen LogP contribution in [0.1, 0.15) is 34.6 Å². The lowest BCUT2D eigenvalue weighted by atomic mass is 10.1. The summed E-state index contributed by atoms with van der Waals surface area (Å²) in [5, 5.41) is 5.48. The Hall–Kier alpha value is -3.69. The van der Waals surface area contributed by atoms with Gasteiger partial charge in [0, 0.05) is 29.9 Å². The lowest BCUT2D eigenvalue weighted by molar-refractivity contribution is 0.101. The van der Waals surface area contributed by atoms with Gasteiger partial charge >= 0.3 is 0 Å². The van der Waals surface area contributed by atoms with Gasteiger partial charge < -0.3 is 15.4 Å². The second-order valence-electron chi connectivity index (χ2n) is 7.31. The molecule has 0 atom stereocenters. The molecule has 3 rings (SSSR count). The van der Waals surface area contributed by atoms with Crippen molar-refractivity contribution in [3.05, 3.63) is 83.9 Å². The van der Waals surface area contributed by atoms with Crippen LogP contribution in [0.4, 0.5) is 11.4 Å². The van der Waals surface area contributed by atoms with Gasteiger partial charge in [-0.15, -0.1) is 0 Å². The molecule has 3 aromatic rings. The van der Waals surface area contributed by atoms with Crippen molar-refractivity contribution >= 4 is 33.2 Å². The van der Waals surface area contributed by atoms with Gasteiger partial charge in [0.2, 0.25) is 10.0 Å². The van der Waals surface area contributed by atoms with Crippen molar-refractivity contribution in [2.75, 3.05) is 30.8 Å². The molecule has 9 heteroatoms. The summed E-state index contributed by atoms with van der Waals surface area (Å²) >= 11 is 0. The van der Waals surface area contributed by atoms with Gasteiger partial charge in [-0.1, -0.05) is 38.1 Å². The van der Waals surface area contributed by atoms with Crippen molar-refractivity contribution in [3.63, 3.8) is 0 Å². The number of anilines is 2. The molecule has 0 radical (unpaired) electrons. The molecule has 0 unspecified atom stereocenters. The topological polar surface area (TPSA) is 105 Å². The Morgan fingerprint density at radius 3 is 2.12 bits per heavy atom. The summed E-state index contributed by atoms with van der Waals surface area (Å²) in [6.45, 7) is 4.18. The van der Waals surface area contributed by atoms with Gasteiger partial charge in [0.1, 0.15) is 5.75 Å². The molecule has 3 aromatic carbocycles. The van der Waals surface area contributed by atoms with Crippen LogP contribution < -0.4 is 15.4 Å². The number of carbonyl (C=O) groups is 2. The van der Waals surface area contributed by atoms with E-state index in [1.165, 1.54) is 29.6 Å². The molecular weight excluding hydrogens is 454 g/mol. The first-order valence-corrected chi connectivity index (χ1v) is 12.2. The van der Waals surface area contributed by atoms with Crippen LogP contribution in [0.15, 0.2) is 77.7 Å². The molecule has 0 aliphatic heterocycles. The lowest BCUT2D eigenvalue weighted by Gasteiger charge is -2.19. The summed E-state index contributed by atoms with van der Waals surface area (Å²) in [6, 6.07) is 19.5. The minimum Gasteiger partial charge on any atom is -0.495 e. The number of nitrogens with zero attached hydrogens (tertiary/aromatic N) is 1. The van der Waals surface area contributed by atoms with Crippen LogP contribution in [-0.4, -0.2) is 44.7 Å². The number of nitrogens with one attached hydrogen (secondary N) is 2. The van der Waals surface area contributed by atoms with Crippen molar-refractivity contribution in [1.82, 2.24) is 4.31 Å². The molecule has 0 fully saturated rings. The fraction of sp³-hybridized carbons (Fsp3) is 0.200. The largest absolute Gasteiger partial charge is 0.495 e. The number of methoxy groups -OCH3 is 1. The first-order valence-electron chi connectivity index (χ1n) is 10.8. The molecular formula is C25H27N3O5S. The lowest BCUT2D eigenvalue weighted by Crippen LogP contribution is -2.30. The Bertz CT molecular complexity index is 1270. The van der Waals surface area contributed by atoms with Crippen LogP contribution in [0.2, 0.25) is 0 Å². The Kier molecular flexibility index (Phi) is 8.04. The summed E-state index contributed by atoms with van der Waals surface area (Å²) in [5.74, 6) is -0.457. The average molecular weight is 482 g/mol. The number of hydrogen-bond donors (Lipinski definition) is 2. The molecule has 2 amide bonds. The molecule has 0 aliphatic carbocycles. The monoisotopic (exact) mass is 481 g/mol. The molecule has 178 valence electrons. The number of carbonyl (C=O) groups excluding carboxylic acids is 2. The molecule has 34 heavy (non-hydrogen) atoms. The molecule has 0 aliphatic rings. The predicted octanol–water partition coefficient (Wildman–Crippen LogP) is 4.23. The average Bonchev–Trinajstić information content (AvgIpc) is 2.85. The van der Waals surface area contributed by atoms with Crippen LogP contribution in [0.3, 0.4) is 0 Å². The van der Waals surface area contributed by atoms with Crippen molar-refractivity contribution in [2.24, 2.45) is 0 Å². The summed E-state index contributed by atoms with van der Waals surface area (Å²) in [6.07, 6.45) is 0. The smallest absolute Gasteiger partial charge is 0.255 e. The SMILES string of the molecule is CCN(CC)S(=O)(=O)c1ccc(OC)c(NC(=O)c2cccc(NC(=O)c3ccccc3)c2)c1. The highest BCUT2D eigenvalue weighted by Gasteiger charge is 2.23.